The van der Waals surface area contributed by atoms with Crippen molar-refractivity contribution in [2.75, 3.05) is 0 Å². The van der Waals surface area contributed by atoms with E-state index in [9.17, 15) is 0 Å². The SMILES string of the molecule is Cc1cnccc1-n1ccnc1C. The third-order valence-corrected chi connectivity index (χ3v) is 2.08. The molecule has 2 heterocycles. The molecule has 0 unspecified atom stereocenters. The molecular weight excluding hydrogens is 162 g/mol. The maximum Gasteiger partial charge on any atom is 0.110 e. The second-order valence-electron chi connectivity index (χ2n) is 3.01. The molecule has 66 valence electrons. The van der Waals surface area contributed by atoms with Gasteiger partial charge in [-0.25, -0.2) is 4.98 Å². The zero-order valence-electron chi connectivity index (χ0n) is 7.73. The first-order valence-electron chi connectivity index (χ1n) is 4.20. The van der Waals surface area contributed by atoms with Crippen LogP contribution >= 0.6 is 0 Å². The minimum absolute atomic E-state index is 0.995. The van der Waals surface area contributed by atoms with Crippen LogP contribution in [-0.4, -0.2) is 14.5 Å². The lowest BCUT2D eigenvalue weighted by Gasteiger charge is -2.06. The van der Waals surface area contributed by atoms with E-state index in [1.807, 2.05) is 32.3 Å². The number of imidazole rings is 1. The third kappa shape index (κ3) is 1.33. The molecule has 3 nitrogen and oxygen atoms in total. The summed E-state index contributed by atoms with van der Waals surface area (Å²) in [5.41, 5.74) is 2.30. The van der Waals surface area contributed by atoms with Crippen LogP contribution < -0.4 is 0 Å². The molecule has 0 radical (unpaired) electrons. The van der Waals surface area contributed by atoms with Gasteiger partial charge in [0.05, 0.1) is 5.69 Å². The van der Waals surface area contributed by atoms with Gasteiger partial charge in [-0.1, -0.05) is 0 Å². The first-order valence-corrected chi connectivity index (χ1v) is 4.20. The van der Waals surface area contributed by atoms with Crippen molar-refractivity contribution in [3.05, 3.63) is 42.2 Å². The fraction of sp³-hybridized carbons (Fsp3) is 0.200. The van der Waals surface area contributed by atoms with E-state index in [1.165, 1.54) is 0 Å². The molecule has 2 rings (SSSR count). The maximum absolute atomic E-state index is 4.18. The van der Waals surface area contributed by atoms with Crippen LogP contribution in [0.3, 0.4) is 0 Å². The van der Waals surface area contributed by atoms with E-state index in [2.05, 4.69) is 14.5 Å². The van der Waals surface area contributed by atoms with Crippen molar-refractivity contribution >= 4 is 0 Å². The summed E-state index contributed by atoms with van der Waals surface area (Å²) in [6.45, 7) is 4.03. The molecule has 0 N–H and O–H groups in total. The van der Waals surface area contributed by atoms with Crippen molar-refractivity contribution in [1.82, 2.24) is 14.5 Å². The fourth-order valence-corrected chi connectivity index (χ4v) is 1.37. The summed E-state index contributed by atoms with van der Waals surface area (Å²) in [5.74, 6) is 0.995. The van der Waals surface area contributed by atoms with Gasteiger partial charge in [-0.2, -0.15) is 0 Å². The van der Waals surface area contributed by atoms with Crippen molar-refractivity contribution in [2.45, 2.75) is 13.8 Å². The monoisotopic (exact) mass is 173 g/mol. The van der Waals surface area contributed by atoms with E-state index in [4.69, 9.17) is 0 Å². The number of rotatable bonds is 1. The maximum atomic E-state index is 4.18. The Labute approximate surface area is 77.1 Å². The molecule has 2 aromatic rings. The van der Waals surface area contributed by atoms with E-state index in [0.29, 0.717) is 0 Å². The Hall–Kier alpha value is -1.64. The summed E-state index contributed by atoms with van der Waals surface area (Å²) >= 11 is 0. The number of nitrogens with zero attached hydrogens (tertiary/aromatic N) is 3. The standard InChI is InChI=1S/C10H11N3/c1-8-7-11-4-3-10(8)13-6-5-12-9(13)2/h3-7H,1-2H3. The Morgan fingerprint density at radius 1 is 1.23 bits per heavy atom. The molecule has 0 aliphatic rings. The number of aryl methyl sites for hydroxylation is 2. The van der Waals surface area contributed by atoms with E-state index < -0.39 is 0 Å². The lowest BCUT2D eigenvalue weighted by molar-refractivity contribution is 0.958. The average Bonchev–Trinajstić information content (AvgIpc) is 2.52. The zero-order valence-corrected chi connectivity index (χ0v) is 7.73. The second-order valence-corrected chi connectivity index (χ2v) is 3.01. The Balaban J connectivity index is 2.59. The van der Waals surface area contributed by atoms with Crippen molar-refractivity contribution in [2.24, 2.45) is 0 Å². The summed E-state index contributed by atoms with van der Waals surface area (Å²) in [4.78, 5) is 8.23. The van der Waals surface area contributed by atoms with Crippen LogP contribution in [0, 0.1) is 13.8 Å². The number of pyridine rings is 1. The van der Waals surface area contributed by atoms with Gasteiger partial charge < -0.3 is 4.57 Å². The first kappa shape index (κ1) is 7.98. The lowest BCUT2D eigenvalue weighted by atomic mass is 10.2. The molecule has 13 heavy (non-hydrogen) atoms. The Kier molecular flexibility index (Phi) is 1.85. The first-order chi connectivity index (χ1) is 6.29. The molecular formula is C10H11N3. The van der Waals surface area contributed by atoms with Gasteiger partial charge in [0.15, 0.2) is 0 Å². The molecule has 2 aromatic heterocycles. The van der Waals surface area contributed by atoms with Gasteiger partial charge in [-0.3, -0.25) is 4.98 Å². The molecule has 0 aliphatic carbocycles. The Morgan fingerprint density at radius 3 is 2.69 bits per heavy atom. The van der Waals surface area contributed by atoms with Gasteiger partial charge in [0.1, 0.15) is 5.82 Å². The third-order valence-electron chi connectivity index (χ3n) is 2.08. The predicted molar refractivity (Wildman–Crippen MR) is 50.8 cm³/mol. The highest BCUT2D eigenvalue weighted by Gasteiger charge is 2.02. The van der Waals surface area contributed by atoms with E-state index in [-0.39, 0.29) is 0 Å². The number of hydrogen-bond acceptors (Lipinski definition) is 2. The average molecular weight is 173 g/mol. The van der Waals surface area contributed by atoms with Gasteiger partial charge in [-0.05, 0) is 25.5 Å². The summed E-state index contributed by atoms with van der Waals surface area (Å²) in [6, 6.07) is 1.99. The minimum atomic E-state index is 0.995. The van der Waals surface area contributed by atoms with Gasteiger partial charge in [-0.15, -0.1) is 0 Å². The van der Waals surface area contributed by atoms with Gasteiger partial charge in [0.25, 0.3) is 0 Å². The highest BCUT2D eigenvalue weighted by Crippen LogP contribution is 2.12. The van der Waals surface area contributed by atoms with Crippen LogP contribution in [0.25, 0.3) is 5.69 Å². The van der Waals surface area contributed by atoms with Crippen LogP contribution in [0.15, 0.2) is 30.9 Å². The predicted octanol–water partition coefficient (Wildman–Crippen LogP) is 1.88. The summed E-state index contributed by atoms with van der Waals surface area (Å²) < 4.78 is 2.05. The van der Waals surface area contributed by atoms with Gasteiger partial charge >= 0.3 is 0 Å². The molecule has 0 atom stereocenters. The van der Waals surface area contributed by atoms with Gasteiger partial charge in [0, 0.05) is 24.8 Å². The van der Waals surface area contributed by atoms with Crippen molar-refractivity contribution in [3.63, 3.8) is 0 Å². The Bertz CT molecular complexity index is 418. The second kappa shape index (κ2) is 3.01. The molecule has 0 saturated heterocycles. The molecule has 0 spiro atoms. The van der Waals surface area contributed by atoms with Crippen LogP contribution in [0.2, 0.25) is 0 Å². The smallest absolute Gasteiger partial charge is 0.110 e. The minimum Gasteiger partial charge on any atom is -0.304 e. The van der Waals surface area contributed by atoms with E-state index in [0.717, 1.165) is 17.1 Å². The van der Waals surface area contributed by atoms with Crippen molar-refractivity contribution in [1.29, 1.82) is 0 Å². The zero-order chi connectivity index (χ0) is 9.26. The fourth-order valence-electron chi connectivity index (χ4n) is 1.37. The van der Waals surface area contributed by atoms with Crippen molar-refractivity contribution in [3.8, 4) is 5.69 Å². The number of hydrogen-bond donors (Lipinski definition) is 0. The normalized spacial score (nSPS) is 10.3. The molecule has 0 fully saturated rings. The highest BCUT2D eigenvalue weighted by atomic mass is 15.1. The molecule has 0 saturated carbocycles. The summed E-state index contributed by atoms with van der Waals surface area (Å²) in [7, 11) is 0. The van der Waals surface area contributed by atoms with Crippen LogP contribution in [-0.2, 0) is 0 Å². The molecule has 3 heteroatoms. The quantitative estimate of drug-likeness (QED) is 0.659. The van der Waals surface area contributed by atoms with E-state index >= 15 is 0 Å². The lowest BCUT2D eigenvalue weighted by Crippen LogP contribution is -1.98. The number of aromatic nitrogens is 3. The summed E-state index contributed by atoms with van der Waals surface area (Å²) in [6.07, 6.45) is 7.41. The Morgan fingerprint density at radius 2 is 2.08 bits per heavy atom. The largest absolute Gasteiger partial charge is 0.304 e. The molecule has 0 amide bonds. The highest BCUT2D eigenvalue weighted by molar-refractivity contribution is 5.38. The van der Waals surface area contributed by atoms with Crippen LogP contribution in [0.4, 0.5) is 0 Å². The molecule has 0 aromatic carbocycles. The van der Waals surface area contributed by atoms with Gasteiger partial charge in [0.2, 0.25) is 0 Å². The van der Waals surface area contributed by atoms with Crippen LogP contribution in [0.5, 0.6) is 0 Å². The van der Waals surface area contributed by atoms with Crippen molar-refractivity contribution < 1.29 is 0 Å². The molecule has 0 bridgehead atoms. The molecule has 0 aliphatic heterocycles. The van der Waals surface area contributed by atoms with E-state index in [1.54, 1.807) is 12.4 Å². The van der Waals surface area contributed by atoms with Crippen LogP contribution in [0.1, 0.15) is 11.4 Å². The summed E-state index contributed by atoms with van der Waals surface area (Å²) in [5, 5.41) is 0. The topological polar surface area (TPSA) is 30.7 Å².